The average molecular weight is 524 g/mol. The Morgan fingerprint density at radius 1 is 1.08 bits per heavy atom. The molecule has 3 heterocycles. The Kier molecular flexibility index (Phi) is 6.52. The summed E-state index contributed by atoms with van der Waals surface area (Å²) in [5.41, 5.74) is 5.31. The first-order valence-corrected chi connectivity index (χ1v) is 13.6. The second-order valence-corrected chi connectivity index (χ2v) is 10.6. The molecule has 1 aromatic carbocycles. The second-order valence-electron chi connectivity index (χ2n) is 9.52. The van der Waals surface area contributed by atoms with E-state index in [1.54, 1.807) is 6.26 Å². The number of aromatic nitrogens is 1. The first kappa shape index (κ1) is 24.1. The van der Waals surface area contributed by atoms with Gasteiger partial charge >= 0.3 is 5.97 Å². The molecule has 7 nitrogen and oxygen atoms in total. The Labute approximate surface area is 223 Å². The summed E-state index contributed by atoms with van der Waals surface area (Å²) in [5, 5.41) is 13.8. The van der Waals surface area contributed by atoms with Gasteiger partial charge in [0.15, 0.2) is 6.61 Å². The maximum Gasteiger partial charge on any atom is 0.339 e. The number of nitriles is 1. The van der Waals surface area contributed by atoms with Crippen LogP contribution in [0.4, 0.5) is 5.00 Å². The molecule has 2 aliphatic carbocycles. The molecule has 0 saturated heterocycles. The van der Waals surface area contributed by atoms with Crippen molar-refractivity contribution >= 4 is 50.8 Å². The molecule has 0 atom stereocenters. The Morgan fingerprint density at radius 2 is 1.95 bits per heavy atom. The molecule has 6 rings (SSSR count). The number of aryl methyl sites for hydroxylation is 1. The van der Waals surface area contributed by atoms with Crippen LogP contribution < -0.4 is 5.32 Å². The predicted molar refractivity (Wildman–Crippen MR) is 146 cm³/mol. The number of ether oxygens (including phenoxy) is 1. The minimum atomic E-state index is -0.559. The third-order valence-corrected chi connectivity index (χ3v) is 8.33. The van der Waals surface area contributed by atoms with E-state index >= 15 is 0 Å². The van der Waals surface area contributed by atoms with Crippen molar-refractivity contribution in [2.24, 2.45) is 0 Å². The number of amides is 1. The number of para-hydroxylation sites is 1. The minimum Gasteiger partial charge on any atom is -0.465 e. The lowest BCUT2D eigenvalue weighted by Crippen LogP contribution is -2.21. The number of nitrogens with zero attached hydrogens (tertiary/aromatic N) is 2. The van der Waals surface area contributed by atoms with E-state index in [2.05, 4.69) is 11.4 Å². The van der Waals surface area contributed by atoms with Gasteiger partial charge in [0.2, 0.25) is 0 Å². The number of carbonyl (C=O) groups is 2. The number of esters is 1. The zero-order valence-corrected chi connectivity index (χ0v) is 21.5. The zero-order valence-electron chi connectivity index (χ0n) is 20.7. The van der Waals surface area contributed by atoms with Gasteiger partial charge in [-0.05, 0) is 79.5 Å². The smallest absolute Gasteiger partial charge is 0.339 e. The third kappa shape index (κ3) is 4.50. The van der Waals surface area contributed by atoms with Gasteiger partial charge in [0.25, 0.3) is 5.91 Å². The van der Waals surface area contributed by atoms with Crippen LogP contribution in [0.25, 0.3) is 22.6 Å². The Hall–Kier alpha value is -4.22. The van der Waals surface area contributed by atoms with Crippen LogP contribution in [0.15, 0.2) is 47.1 Å². The van der Waals surface area contributed by atoms with Crippen LogP contribution in [0, 0.1) is 11.3 Å². The fraction of sp³-hybridized carbons (Fsp3) is 0.267. The number of hydrogen-bond donors (Lipinski definition) is 1. The molecule has 2 aliphatic rings. The molecule has 0 radical (unpaired) electrons. The monoisotopic (exact) mass is 523 g/mol. The van der Waals surface area contributed by atoms with Crippen LogP contribution in [0.5, 0.6) is 0 Å². The molecule has 0 bridgehead atoms. The number of thiophene rings is 1. The molecule has 190 valence electrons. The number of benzene rings is 1. The minimum absolute atomic E-state index is 0.438. The lowest BCUT2D eigenvalue weighted by Gasteiger charge is -2.12. The summed E-state index contributed by atoms with van der Waals surface area (Å²) in [5.74, 6) is -0.289. The van der Waals surface area contributed by atoms with Crippen LogP contribution in [0.1, 0.15) is 69.1 Å². The number of nitrogens with one attached hydrogen (secondary N) is 1. The predicted octanol–water partition coefficient (Wildman–Crippen LogP) is 6.31. The molecule has 0 spiro atoms. The third-order valence-electron chi connectivity index (χ3n) is 7.13. The van der Waals surface area contributed by atoms with Crippen molar-refractivity contribution in [2.45, 2.75) is 44.9 Å². The maximum absolute atomic E-state index is 13.4. The summed E-state index contributed by atoms with van der Waals surface area (Å²) in [7, 11) is 0. The molecule has 1 N–H and O–H groups in total. The Morgan fingerprint density at radius 3 is 2.79 bits per heavy atom. The number of anilines is 1. The molecular formula is C30H25N3O4S. The number of pyridine rings is 1. The number of furan rings is 1. The van der Waals surface area contributed by atoms with E-state index in [1.807, 2.05) is 42.5 Å². The number of allylic oxidation sites excluding steroid dienone is 1. The first-order valence-electron chi connectivity index (χ1n) is 12.8. The van der Waals surface area contributed by atoms with E-state index in [4.69, 9.17) is 14.1 Å². The molecule has 0 aliphatic heterocycles. The summed E-state index contributed by atoms with van der Waals surface area (Å²) in [6.45, 7) is -0.438. The Balaban J connectivity index is 1.24. The summed E-state index contributed by atoms with van der Waals surface area (Å²) < 4.78 is 11.0. The molecule has 0 unspecified atom stereocenters. The van der Waals surface area contributed by atoms with Gasteiger partial charge in [-0.3, -0.25) is 4.79 Å². The Bertz CT molecular complexity index is 1630. The van der Waals surface area contributed by atoms with Gasteiger partial charge in [0.1, 0.15) is 16.8 Å². The second kappa shape index (κ2) is 10.3. The van der Waals surface area contributed by atoms with E-state index < -0.39 is 18.5 Å². The average Bonchev–Trinajstić information content (AvgIpc) is 3.62. The SMILES string of the molecule is N#Cc1c(NC(=O)COC(=O)c2c3c(nc4ccccc24)/C(=C\c2ccco2)CC3)sc2c1CCCCC2. The number of carbonyl (C=O) groups excluding carboxylic acids is 2. The molecule has 38 heavy (non-hydrogen) atoms. The summed E-state index contributed by atoms with van der Waals surface area (Å²) in [4.78, 5) is 32.2. The first-order chi connectivity index (χ1) is 18.6. The van der Waals surface area contributed by atoms with E-state index in [-0.39, 0.29) is 0 Å². The molecule has 3 aromatic heterocycles. The number of rotatable bonds is 5. The van der Waals surface area contributed by atoms with Crippen LogP contribution in [0.3, 0.4) is 0 Å². The fourth-order valence-electron chi connectivity index (χ4n) is 5.37. The highest BCUT2D eigenvalue weighted by atomic mass is 32.1. The molecule has 1 amide bonds. The summed E-state index contributed by atoms with van der Waals surface area (Å²) in [6, 6.07) is 13.4. The highest BCUT2D eigenvalue weighted by Gasteiger charge is 2.28. The van der Waals surface area contributed by atoms with Crippen molar-refractivity contribution in [3.63, 3.8) is 0 Å². The standard InChI is InChI=1S/C30H25N3O4S/c31-16-23-20-8-2-1-3-11-25(20)38-29(23)33-26(34)17-37-30(35)27-21-9-4-5-10-24(21)32-28-18(12-13-22(27)28)15-19-7-6-14-36-19/h4-7,9-10,14-15H,1-3,8,11-13,17H2,(H,33,34)/b18-15-. The lowest BCUT2D eigenvalue weighted by molar-refractivity contribution is -0.119. The number of fused-ring (bicyclic) bond motifs is 3. The largest absolute Gasteiger partial charge is 0.465 e. The van der Waals surface area contributed by atoms with E-state index in [1.165, 1.54) is 16.2 Å². The molecule has 4 aromatic rings. The van der Waals surface area contributed by atoms with Gasteiger partial charge < -0.3 is 14.5 Å². The van der Waals surface area contributed by atoms with Crippen molar-refractivity contribution in [3.05, 3.63) is 81.2 Å². The fourth-order valence-corrected chi connectivity index (χ4v) is 6.63. The van der Waals surface area contributed by atoms with Crippen LogP contribution >= 0.6 is 11.3 Å². The van der Waals surface area contributed by atoms with Gasteiger partial charge in [-0.1, -0.05) is 24.6 Å². The van der Waals surface area contributed by atoms with Crippen LogP contribution in [-0.2, 0) is 28.8 Å². The quantitative estimate of drug-likeness (QED) is 0.243. The zero-order chi connectivity index (χ0) is 26.1. The molecule has 0 fully saturated rings. The highest BCUT2D eigenvalue weighted by molar-refractivity contribution is 7.16. The van der Waals surface area contributed by atoms with E-state index in [0.29, 0.717) is 33.5 Å². The van der Waals surface area contributed by atoms with Gasteiger partial charge in [-0.25, -0.2) is 9.78 Å². The van der Waals surface area contributed by atoms with Gasteiger partial charge in [0, 0.05) is 10.3 Å². The van der Waals surface area contributed by atoms with Gasteiger partial charge in [-0.15, -0.1) is 11.3 Å². The topological polar surface area (TPSA) is 105 Å². The van der Waals surface area contributed by atoms with Crippen LogP contribution in [0.2, 0.25) is 0 Å². The van der Waals surface area contributed by atoms with Crippen molar-refractivity contribution in [1.82, 2.24) is 4.98 Å². The van der Waals surface area contributed by atoms with E-state index in [9.17, 15) is 14.9 Å². The van der Waals surface area contributed by atoms with Crippen molar-refractivity contribution in [3.8, 4) is 6.07 Å². The lowest BCUT2D eigenvalue weighted by atomic mass is 10.0. The summed E-state index contributed by atoms with van der Waals surface area (Å²) >= 11 is 1.46. The normalized spacial score (nSPS) is 15.5. The van der Waals surface area contributed by atoms with Crippen molar-refractivity contribution in [2.75, 3.05) is 11.9 Å². The van der Waals surface area contributed by atoms with Gasteiger partial charge in [0.05, 0.1) is 28.6 Å². The van der Waals surface area contributed by atoms with Gasteiger partial charge in [-0.2, -0.15) is 5.26 Å². The summed E-state index contributed by atoms with van der Waals surface area (Å²) in [6.07, 6.45) is 10.0. The molecule has 8 heteroatoms. The van der Waals surface area contributed by atoms with Crippen molar-refractivity contribution in [1.29, 1.82) is 5.26 Å². The highest BCUT2D eigenvalue weighted by Crippen LogP contribution is 2.39. The van der Waals surface area contributed by atoms with E-state index in [0.717, 1.165) is 66.7 Å². The number of hydrogen-bond acceptors (Lipinski definition) is 7. The maximum atomic E-state index is 13.4. The molecule has 0 saturated carbocycles. The molecular weight excluding hydrogens is 498 g/mol. The van der Waals surface area contributed by atoms with Crippen LogP contribution in [-0.4, -0.2) is 23.5 Å². The van der Waals surface area contributed by atoms with Crippen molar-refractivity contribution < 1.29 is 18.7 Å².